The fourth-order valence-corrected chi connectivity index (χ4v) is 4.91. The zero-order valence-corrected chi connectivity index (χ0v) is 29.9. The van der Waals surface area contributed by atoms with Crippen LogP contribution in [0.3, 0.4) is 0 Å². The van der Waals surface area contributed by atoms with Crippen molar-refractivity contribution in [3.05, 3.63) is 87.6 Å². The Balaban J connectivity index is 0.000000287. The van der Waals surface area contributed by atoms with E-state index in [1.807, 2.05) is 30.5 Å². The van der Waals surface area contributed by atoms with E-state index in [9.17, 15) is 26.7 Å². The predicted molar refractivity (Wildman–Crippen MR) is 191 cm³/mol. The molecule has 0 atom stereocenters. The molecule has 15 heteroatoms. The predicted octanol–water partition coefficient (Wildman–Crippen LogP) is 6.48. The average Bonchev–Trinajstić information content (AvgIpc) is 3.44. The van der Waals surface area contributed by atoms with E-state index in [1.165, 1.54) is 6.07 Å². The van der Waals surface area contributed by atoms with Crippen molar-refractivity contribution >= 4 is 17.0 Å². The molecular weight excluding hydrogens is 671 g/mol. The number of aromatic nitrogens is 3. The zero-order valence-electron chi connectivity index (χ0n) is 29.9. The molecule has 2 aromatic carbocycles. The lowest BCUT2D eigenvalue weighted by molar-refractivity contribution is -0.274. The van der Waals surface area contributed by atoms with Crippen molar-refractivity contribution in [1.29, 1.82) is 0 Å². The Kier molecular flexibility index (Phi) is 13.4. The highest BCUT2D eigenvalue weighted by Gasteiger charge is 2.36. The number of aromatic amines is 1. The summed E-state index contributed by atoms with van der Waals surface area (Å²) in [6.45, 7) is 13.8. The third-order valence-electron chi connectivity index (χ3n) is 7.79. The average molecular weight is 721 g/mol. The Bertz CT molecular complexity index is 1820. The van der Waals surface area contributed by atoms with Crippen molar-refractivity contribution in [1.82, 2.24) is 19.9 Å². The molecule has 0 aliphatic heterocycles. The van der Waals surface area contributed by atoms with E-state index in [2.05, 4.69) is 51.9 Å². The maximum atomic E-state index is 14.1. The van der Waals surface area contributed by atoms with Crippen molar-refractivity contribution in [2.75, 3.05) is 19.6 Å². The van der Waals surface area contributed by atoms with Gasteiger partial charge in [0, 0.05) is 47.8 Å². The van der Waals surface area contributed by atoms with Gasteiger partial charge in [-0.1, -0.05) is 53.7 Å². The van der Waals surface area contributed by atoms with Gasteiger partial charge in [0.1, 0.15) is 11.4 Å². The number of alkyl halides is 5. The van der Waals surface area contributed by atoms with Crippen LogP contribution in [0.15, 0.2) is 64.5 Å². The quantitative estimate of drug-likeness (QED) is 0.0485. The van der Waals surface area contributed by atoms with Crippen molar-refractivity contribution in [3.63, 3.8) is 0 Å². The van der Waals surface area contributed by atoms with Gasteiger partial charge in [-0.3, -0.25) is 9.56 Å². The van der Waals surface area contributed by atoms with E-state index in [-0.39, 0.29) is 30.0 Å². The topological polar surface area (TPSA) is 162 Å². The number of guanidine groups is 1. The molecule has 280 valence electrons. The van der Waals surface area contributed by atoms with Crippen LogP contribution in [0.2, 0.25) is 0 Å². The highest BCUT2D eigenvalue weighted by atomic mass is 19.4. The number of nitrogens with zero attached hydrogens (tertiary/aromatic N) is 3. The summed E-state index contributed by atoms with van der Waals surface area (Å²) in [5, 5.41) is 4.27. The summed E-state index contributed by atoms with van der Waals surface area (Å²) < 4.78 is 70.8. The van der Waals surface area contributed by atoms with Crippen LogP contribution < -0.4 is 32.9 Å². The van der Waals surface area contributed by atoms with E-state index < -0.39 is 35.4 Å². The molecule has 10 nitrogen and oxygen atoms in total. The number of nitrogens with two attached hydrogens (primary N) is 3. The second-order valence-corrected chi connectivity index (χ2v) is 14.3. The maximum Gasteiger partial charge on any atom is 0.573 e. The normalized spacial score (nSPS) is 12.4. The van der Waals surface area contributed by atoms with E-state index in [0.717, 1.165) is 54.0 Å². The molecule has 8 N–H and O–H groups in total. The Morgan fingerprint density at radius 1 is 0.922 bits per heavy atom. The summed E-state index contributed by atoms with van der Waals surface area (Å²) in [4.78, 5) is 23.9. The monoisotopic (exact) mass is 720 g/mol. The van der Waals surface area contributed by atoms with Crippen LogP contribution in [-0.2, 0) is 23.3 Å². The van der Waals surface area contributed by atoms with E-state index >= 15 is 0 Å². The van der Waals surface area contributed by atoms with Crippen LogP contribution in [-0.4, -0.2) is 46.5 Å². The van der Waals surface area contributed by atoms with E-state index in [0.29, 0.717) is 17.8 Å². The Hall–Kier alpha value is -4.50. The maximum absolute atomic E-state index is 14.1. The van der Waals surface area contributed by atoms with E-state index in [4.69, 9.17) is 17.2 Å². The molecule has 0 radical (unpaired) electrons. The molecule has 0 bridgehead atoms. The lowest BCUT2D eigenvalue weighted by atomic mass is 9.85. The number of halogens is 5. The number of hydrogen-bond acceptors (Lipinski definition) is 6. The lowest BCUT2D eigenvalue weighted by Crippen LogP contribution is -2.23. The Morgan fingerprint density at radius 2 is 1.57 bits per heavy atom. The standard InChI is InChI=1S/C21H29N7O.C15H20F5NO/c1-21(2,3)17-11-15-13-28(20(29)27-18(15)26-17)16-7-5-14(6-8-16)12-24-9-4-10-25-19(22)23;1-13(2,3)10-7-11(14(16,17)5-4-6-21)9-12(8-10)22-15(18,19)20/h5-8,11,13,24H,4,9-10,12H2,1-3H3,(H4,22,23,25)(H,26,27,29);7-9H,4-6,21H2,1-3H3. The van der Waals surface area contributed by atoms with Crippen LogP contribution in [0.4, 0.5) is 22.0 Å². The molecule has 2 aromatic heterocycles. The molecule has 0 saturated heterocycles. The van der Waals surface area contributed by atoms with Gasteiger partial charge in [-0.25, -0.2) is 13.6 Å². The van der Waals surface area contributed by atoms with Crippen molar-refractivity contribution in [2.24, 2.45) is 22.2 Å². The Morgan fingerprint density at radius 3 is 2.14 bits per heavy atom. The number of nitrogens with one attached hydrogen (secondary N) is 2. The molecule has 0 saturated carbocycles. The van der Waals surface area contributed by atoms with Gasteiger partial charge >= 0.3 is 12.1 Å². The van der Waals surface area contributed by atoms with Gasteiger partial charge in [-0.2, -0.15) is 4.98 Å². The first-order valence-corrected chi connectivity index (χ1v) is 16.6. The number of fused-ring (bicyclic) bond motifs is 1. The lowest BCUT2D eigenvalue weighted by Gasteiger charge is -2.24. The molecule has 2 heterocycles. The van der Waals surface area contributed by atoms with Gasteiger partial charge in [0.05, 0.1) is 5.69 Å². The minimum atomic E-state index is -4.93. The molecule has 4 rings (SSSR count). The molecule has 4 aromatic rings. The second-order valence-electron chi connectivity index (χ2n) is 14.3. The largest absolute Gasteiger partial charge is 0.573 e. The molecule has 0 amide bonds. The number of hydrogen-bond donors (Lipinski definition) is 5. The van der Waals surface area contributed by atoms with Crippen LogP contribution in [0.25, 0.3) is 16.7 Å². The van der Waals surface area contributed by atoms with Crippen LogP contribution in [0.5, 0.6) is 5.75 Å². The molecule has 0 spiro atoms. The van der Waals surface area contributed by atoms with Gasteiger partial charge in [-0.05, 0) is 78.9 Å². The number of benzene rings is 2. The van der Waals surface area contributed by atoms with Gasteiger partial charge in [0.15, 0.2) is 5.96 Å². The second kappa shape index (κ2) is 16.7. The van der Waals surface area contributed by atoms with Crippen LogP contribution in [0.1, 0.15) is 83.2 Å². The first kappa shape index (κ1) is 40.9. The van der Waals surface area contributed by atoms with Gasteiger partial charge in [-0.15, -0.1) is 13.2 Å². The number of H-pyrrole nitrogens is 1. The Labute approximate surface area is 294 Å². The minimum absolute atomic E-state index is 0.0352. The molecular formula is C36H49F5N8O2. The summed E-state index contributed by atoms with van der Waals surface area (Å²) in [5.41, 5.74) is 18.3. The number of aliphatic imine (C=N–C) groups is 1. The summed E-state index contributed by atoms with van der Waals surface area (Å²) in [5.74, 6) is -3.77. The van der Waals surface area contributed by atoms with Crippen molar-refractivity contribution in [2.45, 2.75) is 90.5 Å². The SMILES string of the molecule is CC(C)(C)c1cc(OC(F)(F)F)cc(C(F)(F)CCCN)c1.CC(C)(C)c1cc2cn(-c3ccc(CNCCCN=C(N)N)cc3)c(=O)nc2[nH]1. The summed E-state index contributed by atoms with van der Waals surface area (Å²) in [7, 11) is 0. The summed E-state index contributed by atoms with van der Waals surface area (Å²) >= 11 is 0. The summed E-state index contributed by atoms with van der Waals surface area (Å²) in [6, 6.07) is 13.0. The molecule has 51 heavy (non-hydrogen) atoms. The molecule has 0 aliphatic rings. The van der Waals surface area contributed by atoms with Crippen LogP contribution in [0, 0.1) is 0 Å². The van der Waals surface area contributed by atoms with Crippen molar-refractivity contribution in [3.8, 4) is 11.4 Å². The fourth-order valence-electron chi connectivity index (χ4n) is 4.91. The summed E-state index contributed by atoms with van der Waals surface area (Å²) in [6.07, 6.45) is -2.68. The fraction of sp³-hybridized carbons (Fsp3) is 0.472. The first-order chi connectivity index (χ1) is 23.6. The smallest absolute Gasteiger partial charge is 0.406 e. The minimum Gasteiger partial charge on any atom is -0.406 e. The molecule has 0 fully saturated rings. The van der Waals surface area contributed by atoms with Crippen LogP contribution >= 0.6 is 0 Å². The van der Waals surface area contributed by atoms with Gasteiger partial charge in [0.2, 0.25) is 0 Å². The number of rotatable bonds is 12. The zero-order chi connectivity index (χ0) is 38.2. The molecule has 0 unspecified atom stereocenters. The third-order valence-corrected chi connectivity index (χ3v) is 7.79. The number of ether oxygens (including phenoxy) is 1. The van der Waals surface area contributed by atoms with Gasteiger partial charge in [0.25, 0.3) is 5.92 Å². The van der Waals surface area contributed by atoms with Gasteiger partial charge < -0.3 is 32.2 Å². The highest BCUT2D eigenvalue weighted by molar-refractivity contribution is 5.76. The van der Waals surface area contributed by atoms with E-state index in [1.54, 1.807) is 25.3 Å². The highest BCUT2D eigenvalue weighted by Crippen LogP contribution is 2.39. The third kappa shape index (κ3) is 12.6. The first-order valence-electron chi connectivity index (χ1n) is 16.6. The molecule has 0 aliphatic carbocycles. The van der Waals surface area contributed by atoms with Crippen molar-refractivity contribution < 1.29 is 26.7 Å².